The molecule has 1 amide bonds. The number of carbonyl (C=O) groups is 1. The van der Waals surface area contributed by atoms with Gasteiger partial charge in [-0.05, 0) is 43.2 Å². The topological polar surface area (TPSA) is 124 Å². The van der Waals surface area contributed by atoms with Crippen LogP contribution in [0.5, 0.6) is 11.5 Å². The number of fused-ring (bicyclic) bond motifs is 1. The summed E-state index contributed by atoms with van der Waals surface area (Å²) in [6, 6.07) is 8.25. The van der Waals surface area contributed by atoms with E-state index in [0.29, 0.717) is 34.2 Å². The van der Waals surface area contributed by atoms with Crippen LogP contribution in [0.1, 0.15) is 12.8 Å². The lowest BCUT2D eigenvalue weighted by atomic mass is 9.97. The maximum absolute atomic E-state index is 12.7. The molecule has 1 saturated heterocycles. The minimum Gasteiger partial charge on any atom is -0.454 e. The third-order valence-electron chi connectivity index (χ3n) is 5.24. The minimum absolute atomic E-state index is 0.0223. The van der Waals surface area contributed by atoms with E-state index in [4.69, 9.17) is 25.5 Å². The molecule has 3 aromatic rings. The van der Waals surface area contributed by atoms with Gasteiger partial charge in [0.05, 0.1) is 4.34 Å². The Morgan fingerprint density at radius 2 is 1.91 bits per heavy atom. The van der Waals surface area contributed by atoms with Crippen molar-refractivity contribution in [3.63, 3.8) is 0 Å². The Labute approximate surface area is 192 Å². The fourth-order valence-corrected chi connectivity index (χ4v) is 6.66. The average Bonchev–Trinajstić information content (AvgIpc) is 3.54. The molecule has 0 unspecified atom stereocenters. The molecule has 10 nitrogen and oxygen atoms in total. The van der Waals surface area contributed by atoms with Crippen molar-refractivity contribution >= 4 is 44.9 Å². The van der Waals surface area contributed by atoms with Gasteiger partial charge in [0.25, 0.3) is 10.0 Å². The summed E-state index contributed by atoms with van der Waals surface area (Å²) < 4.78 is 43.6. The van der Waals surface area contributed by atoms with Gasteiger partial charge in [-0.3, -0.25) is 10.1 Å². The van der Waals surface area contributed by atoms with Crippen molar-refractivity contribution in [1.82, 2.24) is 14.5 Å². The number of carbonyl (C=O) groups excluding carboxylic acids is 1. The molecule has 4 heterocycles. The molecule has 1 aromatic carbocycles. The summed E-state index contributed by atoms with van der Waals surface area (Å²) in [5.41, 5.74) is 0.634. The van der Waals surface area contributed by atoms with E-state index in [9.17, 15) is 13.2 Å². The van der Waals surface area contributed by atoms with Gasteiger partial charge in [-0.1, -0.05) is 16.7 Å². The van der Waals surface area contributed by atoms with Crippen LogP contribution >= 0.6 is 22.9 Å². The Bertz CT molecular complexity index is 1270. The summed E-state index contributed by atoms with van der Waals surface area (Å²) in [5.74, 6) is 0.792. The van der Waals surface area contributed by atoms with Gasteiger partial charge < -0.3 is 13.9 Å². The molecule has 32 heavy (non-hydrogen) atoms. The first kappa shape index (κ1) is 21.2. The van der Waals surface area contributed by atoms with E-state index in [1.54, 1.807) is 24.3 Å². The number of nitrogens with one attached hydrogen (secondary N) is 1. The number of sulfonamides is 1. The standard InChI is InChI=1S/C19H17ClN4O6S2/c20-15-3-4-16(31-15)32(26,27)24-7-5-11(6-8-24)17(25)21-19-23-22-18(30-19)12-1-2-13-14(9-12)29-10-28-13/h1-4,9,11H,5-8,10H2,(H,21,23,25). The molecule has 13 heteroatoms. The van der Waals surface area contributed by atoms with Gasteiger partial charge in [-0.25, -0.2) is 8.42 Å². The third-order valence-corrected chi connectivity index (χ3v) is 8.84. The smallest absolute Gasteiger partial charge is 0.322 e. The summed E-state index contributed by atoms with van der Waals surface area (Å²) in [7, 11) is -3.61. The van der Waals surface area contributed by atoms with E-state index in [1.165, 1.54) is 10.4 Å². The Kier molecular flexibility index (Phi) is 5.53. The monoisotopic (exact) mass is 496 g/mol. The first-order valence-corrected chi connectivity index (χ1v) is 12.3. The number of benzene rings is 1. The quantitative estimate of drug-likeness (QED) is 0.571. The third kappa shape index (κ3) is 4.06. The number of aromatic nitrogens is 2. The molecule has 0 atom stereocenters. The molecule has 2 aliphatic heterocycles. The lowest BCUT2D eigenvalue weighted by Crippen LogP contribution is -2.41. The molecule has 1 fully saturated rings. The van der Waals surface area contributed by atoms with Crippen LogP contribution in [0.3, 0.4) is 0 Å². The number of anilines is 1. The lowest BCUT2D eigenvalue weighted by molar-refractivity contribution is -0.121. The molecule has 0 bridgehead atoms. The molecule has 168 valence electrons. The van der Waals surface area contributed by atoms with E-state index >= 15 is 0 Å². The SMILES string of the molecule is O=C(Nc1nnc(-c2ccc3c(c2)OCO3)o1)C1CCN(S(=O)(=O)c2ccc(Cl)s2)CC1. The van der Waals surface area contributed by atoms with Gasteiger partial charge in [0.2, 0.25) is 18.6 Å². The van der Waals surface area contributed by atoms with Crippen molar-refractivity contribution in [2.75, 3.05) is 25.2 Å². The molecule has 0 spiro atoms. The van der Waals surface area contributed by atoms with Crippen molar-refractivity contribution in [3.05, 3.63) is 34.7 Å². The van der Waals surface area contributed by atoms with Crippen LogP contribution in [0.15, 0.2) is 39.0 Å². The van der Waals surface area contributed by atoms with Crippen molar-refractivity contribution in [1.29, 1.82) is 0 Å². The first-order valence-electron chi connectivity index (χ1n) is 9.70. The van der Waals surface area contributed by atoms with Crippen molar-refractivity contribution in [3.8, 4) is 23.0 Å². The summed E-state index contributed by atoms with van der Waals surface area (Å²) >= 11 is 6.88. The molecule has 2 aromatic heterocycles. The number of piperidine rings is 1. The minimum atomic E-state index is -3.61. The average molecular weight is 497 g/mol. The fraction of sp³-hybridized carbons (Fsp3) is 0.316. The highest BCUT2D eigenvalue weighted by Gasteiger charge is 2.33. The number of halogens is 1. The Morgan fingerprint density at radius 1 is 1.12 bits per heavy atom. The zero-order valence-electron chi connectivity index (χ0n) is 16.5. The second kappa shape index (κ2) is 8.35. The highest BCUT2D eigenvalue weighted by Crippen LogP contribution is 2.36. The normalized spacial score (nSPS) is 16.9. The first-order chi connectivity index (χ1) is 15.4. The number of hydrogen-bond acceptors (Lipinski definition) is 9. The number of rotatable bonds is 5. The van der Waals surface area contributed by atoms with Crippen LogP contribution < -0.4 is 14.8 Å². The van der Waals surface area contributed by atoms with Crippen LogP contribution in [0, 0.1) is 5.92 Å². The van der Waals surface area contributed by atoms with Crippen LogP contribution in [0.2, 0.25) is 4.34 Å². The number of amides is 1. The van der Waals surface area contributed by atoms with Crippen LogP contribution in [0.4, 0.5) is 6.01 Å². The van der Waals surface area contributed by atoms with Crippen LogP contribution in [-0.4, -0.2) is 48.7 Å². The van der Waals surface area contributed by atoms with E-state index in [0.717, 1.165) is 11.3 Å². The lowest BCUT2D eigenvalue weighted by Gasteiger charge is -2.29. The summed E-state index contributed by atoms with van der Waals surface area (Å²) in [5, 5.41) is 10.5. The molecule has 0 saturated carbocycles. The highest BCUT2D eigenvalue weighted by molar-refractivity contribution is 7.91. The van der Waals surface area contributed by atoms with Gasteiger partial charge >= 0.3 is 6.01 Å². The van der Waals surface area contributed by atoms with Gasteiger partial charge in [0, 0.05) is 24.6 Å². The Morgan fingerprint density at radius 3 is 2.66 bits per heavy atom. The number of thiophene rings is 1. The van der Waals surface area contributed by atoms with E-state index in [1.807, 2.05) is 0 Å². The highest BCUT2D eigenvalue weighted by atomic mass is 35.5. The van der Waals surface area contributed by atoms with Gasteiger partial charge in [0.15, 0.2) is 11.5 Å². The maximum Gasteiger partial charge on any atom is 0.322 e. The maximum atomic E-state index is 12.7. The van der Waals surface area contributed by atoms with E-state index in [-0.39, 0.29) is 47.8 Å². The summed E-state index contributed by atoms with van der Waals surface area (Å²) in [6.07, 6.45) is 0.765. The van der Waals surface area contributed by atoms with Crippen LogP contribution in [0.25, 0.3) is 11.5 Å². The number of nitrogens with zero attached hydrogens (tertiary/aromatic N) is 3. The van der Waals surface area contributed by atoms with Gasteiger partial charge in [-0.2, -0.15) is 4.31 Å². The molecule has 1 N–H and O–H groups in total. The van der Waals surface area contributed by atoms with Crippen molar-refractivity contribution < 1.29 is 27.1 Å². The zero-order chi connectivity index (χ0) is 22.3. The second-order valence-corrected chi connectivity index (χ2v) is 11.1. The molecule has 2 aliphatic rings. The van der Waals surface area contributed by atoms with Crippen LogP contribution in [-0.2, 0) is 14.8 Å². The largest absolute Gasteiger partial charge is 0.454 e. The number of hydrogen-bond donors (Lipinski definition) is 1. The predicted octanol–water partition coefficient (Wildman–Crippen LogP) is 3.22. The molecule has 0 aliphatic carbocycles. The molecule has 0 radical (unpaired) electrons. The second-order valence-electron chi connectivity index (χ2n) is 7.21. The van der Waals surface area contributed by atoms with Gasteiger partial charge in [-0.15, -0.1) is 16.4 Å². The summed E-state index contributed by atoms with van der Waals surface area (Å²) in [6.45, 7) is 0.634. The molecule has 5 rings (SSSR count). The fourth-order valence-electron chi connectivity index (χ4n) is 3.55. The predicted molar refractivity (Wildman–Crippen MR) is 115 cm³/mol. The zero-order valence-corrected chi connectivity index (χ0v) is 18.9. The summed E-state index contributed by atoms with van der Waals surface area (Å²) in [4.78, 5) is 12.6. The van der Waals surface area contributed by atoms with Crippen molar-refractivity contribution in [2.45, 2.75) is 17.1 Å². The Hall–Kier alpha value is -2.67. The van der Waals surface area contributed by atoms with E-state index in [2.05, 4.69) is 15.5 Å². The van der Waals surface area contributed by atoms with E-state index < -0.39 is 10.0 Å². The van der Waals surface area contributed by atoms with Crippen molar-refractivity contribution in [2.24, 2.45) is 5.92 Å². The van der Waals surface area contributed by atoms with Gasteiger partial charge in [0.1, 0.15) is 4.21 Å². The molecular formula is C19H17ClN4O6S2. The number of ether oxygens (including phenoxy) is 2. The molecular weight excluding hydrogens is 480 g/mol. The Balaban J connectivity index is 1.20.